The first kappa shape index (κ1) is 18.1. The third-order valence-corrected chi connectivity index (χ3v) is 5.37. The van der Waals surface area contributed by atoms with Crippen LogP contribution in [0.15, 0.2) is 30.6 Å². The van der Waals surface area contributed by atoms with Crippen molar-refractivity contribution in [1.29, 1.82) is 0 Å². The van der Waals surface area contributed by atoms with Crippen LogP contribution in [0.1, 0.15) is 12.8 Å². The molecule has 3 N–H and O–H groups in total. The molecule has 144 valence electrons. The number of halogens is 1. The average molecular weight is 389 g/mol. The second-order valence-electron chi connectivity index (χ2n) is 6.93. The normalized spacial score (nSPS) is 20.1. The molecule has 8 heteroatoms. The molecule has 1 atom stereocenters. The summed E-state index contributed by atoms with van der Waals surface area (Å²) in [6, 6.07) is 7.98. The molecule has 0 saturated carbocycles. The number of nitrogens with two attached hydrogens (primary N) is 1. The largest absolute Gasteiger partial charge is 0.393 e. The Morgan fingerprint density at radius 1 is 1.19 bits per heavy atom. The molecular weight excluding hydrogens is 364 g/mol. The number of aromatic nitrogens is 2. The number of benzene rings is 1. The van der Waals surface area contributed by atoms with E-state index in [0.29, 0.717) is 11.5 Å². The molecule has 4 rings (SSSR count). The van der Waals surface area contributed by atoms with E-state index in [4.69, 9.17) is 22.1 Å². The molecule has 2 aliphatic heterocycles. The first-order valence-corrected chi connectivity index (χ1v) is 9.80. The van der Waals surface area contributed by atoms with Crippen LogP contribution in [0.2, 0.25) is 5.02 Å². The highest BCUT2D eigenvalue weighted by atomic mass is 35.5. The van der Waals surface area contributed by atoms with Gasteiger partial charge in [0.1, 0.15) is 12.0 Å². The van der Waals surface area contributed by atoms with Crippen LogP contribution in [0.4, 0.5) is 23.0 Å². The van der Waals surface area contributed by atoms with Crippen LogP contribution in [0.25, 0.3) is 0 Å². The van der Waals surface area contributed by atoms with Crippen molar-refractivity contribution in [2.24, 2.45) is 0 Å². The Labute approximate surface area is 164 Å². The van der Waals surface area contributed by atoms with E-state index >= 15 is 0 Å². The van der Waals surface area contributed by atoms with Crippen LogP contribution in [0, 0.1) is 0 Å². The van der Waals surface area contributed by atoms with Crippen LogP contribution < -0.4 is 20.9 Å². The maximum absolute atomic E-state index is 6.36. The van der Waals surface area contributed by atoms with E-state index in [-0.39, 0.29) is 6.10 Å². The predicted octanol–water partition coefficient (Wildman–Crippen LogP) is 2.63. The highest BCUT2D eigenvalue weighted by Gasteiger charge is 2.22. The Morgan fingerprint density at radius 2 is 2.00 bits per heavy atom. The van der Waals surface area contributed by atoms with Gasteiger partial charge in [0.05, 0.1) is 6.10 Å². The van der Waals surface area contributed by atoms with Crippen molar-refractivity contribution >= 4 is 34.6 Å². The fraction of sp³-hybridized carbons (Fsp3) is 0.474. The van der Waals surface area contributed by atoms with Gasteiger partial charge in [0.2, 0.25) is 0 Å². The van der Waals surface area contributed by atoms with E-state index in [9.17, 15) is 0 Å². The lowest BCUT2D eigenvalue weighted by atomic mass is 10.2. The van der Waals surface area contributed by atoms with Crippen LogP contribution in [-0.4, -0.2) is 55.4 Å². The highest BCUT2D eigenvalue weighted by Crippen LogP contribution is 2.28. The fourth-order valence-electron chi connectivity index (χ4n) is 3.64. The van der Waals surface area contributed by atoms with Crippen molar-refractivity contribution in [2.45, 2.75) is 18.9 Å². The zero-order chi connectivity index (χ0) is 18.6. The second kappa shape index (κ2) is 8.19. The number of rotatable bonds is 5. The Hall–Kier alpha value is -2.25. The Morgan fingerprint density at radius 3 is 2.74 bits per heavy atom. The molecule has 7 nitrogen and oxygen atoms in total. The minimum absolute atomic E-state index is 0.240. The monoisotopic (exact) mass is 388 g/mol. The van der Waals surface area contributed by atoms with Crippen molar-refractivity contribution in [1.82, 2.24) is 9.97 Å². The summed E-state index contributed by atoms with van der Waals surface area (Å²) in [5.74, 6) is 1.48. The van der Waals surface area contributed by atoms with Crippen LogP contribution in [0.3, 0.4) is 0 Å². The molecule has 0 bridgehead atoms. The number of hydrogen-bond donors (Lipinski definition) is 2. The van der Waals surface area contributed by atoms with E-state index < -0.39 is 0 Å². The van der Waals surface area contributed by atoms with Crippen molar-refractivity contribution < 1.29 is 4.74 Å². The van der Waals surface area contributed by atoms with Gasteiger partial charge in [0, 0.05) is 50.0 Å². The van der Waals surface area contributed by atoms with Crippen molar-refractivity contribution in [3.63, 3.8) is 0 Å². The summed E-state index contributed by atoms with van der Waals surface area (Å²) in [7, 11) is 0. The number of nitrogen functional groups attached to an aromatic ring is 1. The third-order valence-electron chi connectivity index (χ3n) is 5.14. The fourth-order valence-corrected chi connectivity index (χ4v) is 3.83. The molecule has 1 unspecified atom stereocenters. The summed E-state index contributed by atoms with van der Waals surface area (Å²) in [6.07, 6.45) is 4.01. The van der Waals surface area contributed by atoms with Crippen molar-refractivity contribution in [3.8, 4) is 0 Å². The minimum atomic E-state index is 0.240. The molecule has 0 spiro atoms. The van der Waals surface area contributed by atoms with Crippen molar-refractivity contribution in [3.05, 3.63) is 35.6 Å². The molecule has 0 aliphatic carbocycles. The van der Waals surface area contributed by atoms with Gasteiger partial charge in [-0.15, -0.1) is 0 Å². The van der Waals surface area contributed by atoms with E-state index in [2.05, 4.69) is 31.2 Å². The van der Waals surface area contributed by atoms with Crippen molar-refractivity contribution in [2.75, 3.05) is 60.2 Å². The summed E-state index contributed by atoms with van der Waals surface area (Å²) in [5.41, 5.74) is 8.12. The lowest BCUT2D eigenvalue weighted by molar-refractivity contribution is 0.120. The van der Waals surface area contributed by atoms with Crippen LogP contribution in [-0.2, 0) is 4.74 Å². The van der Waals surface area contributed by atoms with E-state index in [1.807, 2.05) is 18.2 Å². The molecular formula is C19H25ClN6O. The lowest BCUT2D eigenvalue weighted by Crippen LogP contribution is -2.47. The summed E-state index contributed by atoms with van der Waals surface area (Å²) in [5, 5.41) is 4.08. The van der Waals surface area contributed by atoms with Gasteiger partial charge in [0.15, 0.2) is 11.6 Å². The topological polar surface area (TPSA) is 79.5 Å². The number of anilines is 4. The molecule has 2 aromatic rings. The van der Waals surface area contributed by atoms with E-state index in [1.165, 1.54) is 0 Å². The molecule has 2 fully saturated rings. The smallest absolute Gasteiger partial charge is 0.157 e. The van der Waals surface area contributed by atoms with Gasteiger partial charge in [-0.2, -0.15) is 0 Å². The number of piperazine rings is 1. The molecule has 0 amide bonds. The van der Waals surface area contributed by atoms with E-state index in [0.717, 1.165) is 68.7 Å². The van der Waals surface area contributed by atoms with Gasteiger partial charge in [-0.3, -0.25) is 0 Å². The summed E-state index contributed by atoms with van der Waals surface area (Å²) in [6.45, 7) is 5.04. The average Bonchev–Trinajstić information content (AvgIpc) is 3.21. The Bertz CT molecular complexity index is 775. The number of nitrogens with zero attached hydrogens (tertiary/aromatic N) is 4. The predicted molar refractivity (Wildman–Crippen MR) is 110 cm³/mol. The summed E-state index contributed by atoms with van der Waals surface area (Å²) in [4.78, 5) is 13.3. The summed E-state index contributed by atoms with van der Waals surface area (Å²) >= 11 is 6.12. The molecule has 2 aliphatic rings. The number of nitrogens with one attached hydrogen (secondary N) is 1. The molecule has 2 saturated heterocycles. The molecule has 1 aromatic carbocycles. The van der Waals surface area contributed by atoms with Gasteiger partial charge in [-0.1, -0.05) is 17.7 Å². The first-order chi connectivity index (χ1) is 13.2. The van der Waals surface area contributed by atoms with E-state index in [1.54, 1.807) is 6.33 Å². The third kappa shape index (κ3) is 4.20. The van der Waals surface area contributed by atoms with Crippen LogP contribution >= 0.6 is 11.6 Å². The molecule has 1 aromatic heterocycles. The minimum Gasteiger partial charge on any atom is -0.393 e. The SMILES string of the molecule is Nc1c(NCC2CCCO2)ncnc1N1CCN(c2cccc(Cl)c2)CC1. The summed E-state index contributed by atoms with van der Waals surface area (Å²) < 4.78 is 5.65. The number of hydrogen-bond acceptors (Lipinski definition) is 7. The van der Waals surface area contributed by atoms with Gasteiger partial charge in [0.25, 0.3) is 0 Å². The highest BCUT2D eigenvalue weighted by molar-refractivity contribution is 6.30. The molecule has 0 radical (unpaired) electrons. The second-order valence-corrected chi connectivity index (χ2v) is 7.37. The Balaban J connectivity index is 1.39. The van der Waals surface area contributed by atoms with Crippen LogP contribution in [0.5, 0.6) is 0 Å². The maximum atomic E-state index is 6.36. The van der Waals surface area contributed by atoms with Gasteiger partial charge >= 0.3 is 0 Å². The molecule has 3 heterocycles. The van der Waals surface area contributed by atoms with Gasteiger partial charge in [-0.05, 0) is 31.0 Å². The maximum Gasteiger partial charge on any atom is 0.157 e. The quantitative estimate of drug-likeness (QED) is 0.814. The first-order valence-electron chi connectivity index (χ1n) is 9.42. The van der Waals surface area contributed by atoms with Gasteiger partial charge < -0.3 is 25.6 Å². The number of ether oxygens (including phenoxy) is 1. The molecule has 27 heavy (non-hydrogen) atoms. The Kier molecular flexibility index (Phi) is 5.50. The zero-order valence-corrected chi connectivity index (χ0v) is 16.0. The standard InChI is InChI=1S/C19H25ClN6O/c20-14-3-1-4-15(11-14)25-6-8-26(9-7-25)19-17(21)18(23-13-24-19)22-12-16-5-2-10-27-16/h1,3-4,11,13,16H,2,5-10,12,21H2,(H,22,23,24). The van der Waals surface area contributed by atoms with Gasteiger partial charge in [-0.25, -0.2) is 9.97 Å². The zero-order valence-electron chi connectivity index (χ0n) is 15.3. The lowest BCUT2D eigenvalue weighted by Gasteiger charge is -2.37.